The summed E-state index contributed by atoms with van der Waals surface area (Å²) in [6, 6.07) is 3.55. The topological polar surface area (TPSA) is 42.4 Å². The minimum Gasteiger partial charge on any atom is -0.375 e. The van der Waals surface area contributed by atoms with Gasteiger partial charge in [0.15, 0.2) is 0 Å². The largest absolute Gasteiger partial charge is 0.375 e. The molecule has 1 aliphatic heterocycles. The lowest BCUT2D eigenvalue weighted by atomic mass is 10.1. The van der Waals surface area contributed by atoms with Gasteiger partial charge in [0.05, 0.1) is 24.3 Å². The lowest BCUT2D eigenvalue weighted by Crippen LogP contribution is -2.51. The summed E-state index contributed by atoms with van der Waals surface area (Å²) < 4.78 is 5.59. The fourth-order valence-corrected chi connectivity index (χ4v) is 2.33. The molecule has 0 radical (unpaired) electrons. The monoisotopic (exact) mass is 268 g/mol. The third-order valence-corrected chi connectivity index (χ3v) is 3.49. The molecule has 1 aromatic heterocycles. The lowest BCUT2D eigenvalue weighted by Gasteiger charge is -2.38. The Bertz CT molecular complexity index is 439. The van der Waals surface area contributed by atoms with Crippen LogP contribution in [0, 0.1) is 0 Å². The highest BCUT2D eigenvalue weighted by Gasteiger charge is 2.30. The summed E-state index contributed by atoms with van der Waals surface area (Å²) in [5, 5.41) is 0.261. The normalized spacial score (nSPS) is 24.1. The zero-order valence-electron chi connectivity index (χ0n) is 10.6. The van der Waals surface area contributed by atoms with Crippen LogP contribution in [-0.2, 0) is 4.74 Å². The van der Waals surface area contributed by atoms with Gasteiger partial charge < -0.3 is 9.64 Å². The highest BCUT2D eigenvalue weighted by molar-refractivity contribution is 6.32. The lowest BCUT2D eigenvalue weighted by molar-refractivity contribution is -0.0444. The van der Waals surface area contributed by atoms with E-state index in [2.05, 4.69) is 11.9 Å². The van der Waals surface area contributed by atoms with E-state index in [9.17, 15) is 4.79 Å². The molecule has 98 valence electrons. The van der Waals surface area contributed by atoms with Gasteiger partial charge in [0.1, 0.15) is 5.15 Å². The maximum atomic E-state index is 12.5. The second-order valence-electron chi connectivity index (χ2n) is 4.51. The molecule has 0 saturated carbocycles. The van der Waals surface area contributed by atoms with Gasteiger partial charge in [-0.2, -0.15) is 0 Å². The van der Waals surface area contributed by atoms with Crippen molar-refractivity contribution < 1.29 is 9.53 Å². The Labute approximate surface area is 112 Å². The van der Waals surface area contributed by atoms with Gasteiger partial charge in [-0.3, -0.25) is 4.79 Å². The minimum absolute atomic E-state index is 0.0601. The number of aromatic nitrogens is 1. The Hall–Kier alpha value is -1.13. The van der Waals surface area contributed by atoms with Crippen LogP contribution in [0.15, 0.2) is 18.3 Å². The molecule has 4 nitrogen and oxygen atoms in total. The third-order valence-electron chi connectivity index (χ3n) is 3.19. The number of halogens is 1. The van der Waals surface area contributed by atoms with Crippen molar-refractivity contribution >= 4 is 17.5 Å². The van der Waals surface area contributed by atoms with Crippen molar-refractivity contribution in [1.82, 2.24) is 9.88 Å². The van der Waals surface area contributed by atoms with Gasteiger partial charge in [0.2, 0.25) is 0 Å². The van der Waals surface area contributed by atoms with Crippen molar-refractivity contribution in [2.24, 2.45) is 0 Å². The molecule has 0 spiro atoms. The van der Waals surface area contributed by atoms with E-state index in [1.54, 1.807) is 18.3 Å². The molecule has 0 N–H and O–H groups in total. The fraction of sp³-hybridized carbons (Fsp3) is 0.538. The van der Waals surface area contributed by atoms with E-state index in [-0.39, 0.29) is 23.2 Å². The summed E-state index contributed by atoms with van der Waals surface area (Å²) in [6.45, 7) is 5.20. The van der Waals surface area contributed by atoms with Crippen LogP contribution in [0.1, 0.15) is 30.6 Å². The maximum Gasteiger partial charge on any atom is 0.257 e. The van der Waals surface area contributed by atoms with Crippen molar-refractivity contribution in [3.05, 3.63) is 29.0 Å². The van der Waals surface area contributed by atoms with Crippen molar-refractivity contribution in [1.29, 1.82) is 0 Å². The van der Waals surface area contributed by atoms with E-state index in [0.717, 1.165) is 6.42 Å². The Morgan fingerprint density at radius 3 is 3.11 bits per heavy atom. The fourth-order valence-electron chi connectivity index (χ4n) is 2.13. The quantitative estimate of drug-likeness (QED) is 0.774. The van der Waals surface area contributed by atoms with E-state index >= 15 is 0 Å². The van der Waals surface area contributed by atoms with E-state index in [1.807, 2.05) is 11.8 Å². The molecule has 5 heteroatoms. The number of carbonyl (C=O) groups is 1. The average Bonchev–Trinajstić information content (AvgIpc) is 2.38. The molecule has 2 atom stereocenters. The molecule has 1 aromatic rings. The number of amides is 1. The van der Waals surface area contributed by atoms with Gasteiger partial charge in [-0.25, -0.2) is 4.98 Å². The van der Waals surface area contributed by atoms with Crippen LogP contribution in [0.2, 0.25) is 5.15 Å². The highest BCUT2D eigenvalue weighted by atomic mass is 35.5. The molecule has 1 amide bonds. The summed E-state index contributed by atoms with van der Waals surface area (Å²) in [7, 11) is 0. The Kier molecular flexibility index (Phi) is 4.19. The SMILES string of the molecule is CCC1COC(C)CN1C(=O)c1cccnc1Cl. The number of hydrogen-bond donors (Lipinski definition) is 0. The molecule has 2 unspecified atom stereocenters. The van der Waals surface area contributed by atoms with Crippen LogP contribution < -0.4 is 0 Å². The number of pyridine rings is 1. The molecular weight excluding hydrogens is 252 g/mol. The van der Waals surface area contributed by atoms with Gasteiger partial charge in [-0.15, -0.1) is 0 Å². The zero-order valence-corrected chi connectivity index (χ0v) is 11.4. The first kappa shape index (κ1) is 13.3. The van der Waals surface area contributed by atoms with Gasteiger partial charge in [-0.1, -0.05) is 18.5 Å². The standard InChI is InChI=1S/C13H17ClN2O2/c1-3-10-8-18-9(2)7-16(10)13(17)11-5-4-6-15-12(11)14/h4-6,9-10H,3,7-8H2,1-2H3. The van der Waals surface area contributed by atoms with Crippen LogP contribution in [0.25, 0.3) is 0 Å². The number of rotatable bonds is 2. The van der Waals surface area contributed by atoms with Crippen LogP contribution in [0.5, 0.6) is 0 Å². The summed E-state index contributed by atoms with van der Waals surface area (Å²) in [6.07, 6.45) is 2.52. The van der Waals surface area contributed by atoms with E-state index < -0.39 is 0 Å². The predicted molar refractivity (Wildman–Crippen MR) is 69.8 cm³/mol. The van der Waals surface area contributed by atoms with Gasteiger partial charge >= 0.3 is 0 Å². The number of nitrogens with zero attached hydrogens (tertiary/aromatic N) is 2. The Morgan fingerprint density at radius 1 is 1.67 bits per heavy atom. The second-order valence-corrected chi connectivity index (χ2v) is 4.86. The molecule has 0 aromatic carbocycles. The van der Waals surface area contributed by atoms with Crippen molar-refractivity contribution in [3.63, 3.8) is 0 Å². The number of ether oxygens (including phenoxy) is 1. The first-order chi connectivity index (χ1) is 8.63. The molecule has 18 heavy (non-hydrogen) atoms. The molecule has 2 rings (SSSR count). The average molecular weight is 269 g/mol. The highest BCUT2D eigenvalue weighted by Crippen LogP contribution is 2.20. The summed E-state index contributed by atoms with van der Waals surface area (Å²) in [5.74, 6) is -0.0601. The van der Waals surface area contributed by atoms with E-state index in [0.29, 0.717) is 18.7 Å². The molecule has 0 aliphatic carbocycles. The van der Waals surface area contributed by atoms with Crippen LogP contribution in [0.3, 0.4) is 0 Å². The van der Waals surface area contributed by atoms with Crippen molar-refractivity contribution in [3.8, 4) is 0 Å². The first-order valence-electron chi connectivity index (χ1n) is 6.16. The number of hydrogen-bond acceptors (Lipinski definition) is 3. The maximum absolute atomic E-state index is 12.5. The summed E-state index contributed by atoms with van der Waals surface area (Å²) >= 11 is 5.98. The van der Waals surface area contributed by atoms with E-state index in [1.165, 1.54) is 0 Å². The third kappa shape index (κ3) is 2.65. The second kappa shape index (κ2) is 5.67. The Morgan fingerprint density at radius 2 is 2.44 bits per heavy atom. The van der Waals surface area contributed by atoms with Crippen LogP contribution in [-0.4, -0.2) is 41.1 Å². The molecular formula is C13H17ClN2O2. The Balaban J connectivity index is 2.23. The molecule has 2 heterocycles. The summed E-state index contributed by atoms with van der Waals surface area (Å²) in [4.78, 5) is 18.3. The first-order valence-corrected chi connectivity index (χ1v) is 6.54. The smallest absolute Gasteiger partial charge is 0.257 e. The van der Waals surface area contributed by atoms with Crippen molar-refractivity contribution in [2.45, 2.75) is 32.4 Å². The molecule has 1 fully saturated rings. The van der Waals surface area contributed by atoms with Gasteiger partial charge in [-0.05, 0) is 25.5 Å². The zero-order chi connectivity index (χ0) is 13.1. The number of carbonyl (C=O) groups excluding carboxylic acids is 1. The van der Waals surface area contributed by atoms with Crippen molar-refractivity contribution in [2.75, 3.05) is 13.2 Å². The minimum atomic E-state index is -0.0601. The molecule has 1 aliphatic rings. The van der Waals surface area contributed by atoms with E-state index in [4.69, 9.17) is 16.3 Å². The van der Waals surface area contributed by atoms with Gasteiger partial charge in [0.25, 0.3) is 5.91 Å². The van der Waals surface area contributed by atoms with Crippen LogP contribution in [0.4, 0.5) is 0 Å². The molecule has 0 bridgehead atoms. The summed E-state index contributed by atoms with van der Waals surface area (Å²) in [5.41, 5.74) is 0.465. The van der Waals surface area contributed by atoms with Crippen LogP contribution >= 0.6 is 11.6 Å². The van der Waals surface area contributed by atoms with Gasteiger partial charge in [0, 0.05) is 12.7 Å². The number of morpholine rings is 1. The molecule has 1 saturated heterocycles. The predicted octanol–water partition coefficient (Wildman–Crippen LogP) is 2.37.